The Bertz CT molecular complexity index is 1890. The minimum absolute atomic E-state index is 0.162. The third-order valence-electron chi connectivity index (χ3n) is 9.93. The summed E-state index contributed by atoms with van der Waals surface area (Å²) in [7, 11) is 0. The molecule has 4 aliphatic heterocycles. The first-order valence-corrected chi connectivity index (χ1v) is 16.4. The molecule has 2 atom stereocenters. The van der Waals surface area contributed by atoms with Gasteiger partial charge < -0.3 is 15.5 Å². The van der Waals surface area contributed by atoms with E-state index in [1.54, 1.807) is 41.1 Å². The summed E-state index contributed by atoms with van der Waals surface area (Å²) in [6, 6.07) is 8.89. The second-order valence-electron chi connectivity index (χ2n) is 12.5. The summed E-state index contributed by atoms with van der Waals surface area (Å²) in [6.45, 7) is 8.96. The standard InChI is InChI=1S/C33H36N10O2S/c1-19-20(2)46-32-27(19)28(38-24(17-26-35-13-16-45-26)31-40-39-21(3)42(31)32)22-6-8-23(9-7-22)29-33(18-36-29)10-14-41(15-11-33)43-25(30(34)44)5-4-12-37-43/h4-9,12-13,16,24,29,36-37H,10-11,14-15,17-18H2,1-3H3,(H2,34,44)/t24-,29?/m0/s1. The van der Waals surface area contributed by atoms with E-state index in [9.17, 15) is 4.79 Å². The Balaban J connectivity index is 1.08. The molecule has 8 rings (SSSR count). The number of allylic oxidation sites excluding steroid dienone is 2. The molecule has 1 aromatic carbocycles. The fraction of sp³-hybridized carbons (Fsp3) is 0.364. The van der Waals surface area contributed by atoms with Crippen LogP contribution in [-0.4, -0.2) is 61.1 Å². The Hall–Kier alpha value is -4.59. The number of nitrogens with zero attached hydrogens (tertiary/aromatic N) is 7. The van der Waals surface area contributed by atoms with Gasteiger partial charge in [-0.1, -0.05) is 24.3 Å². The first-order valence-electron chi connectivity index (χ1n) is 15.6. The van der Waals surface area contributed by atoms with Gasteiger partial charge in [-0.25, -0.2) is 15.1 Å². The normalized spacial score (nSPS) is 21.9. The lowest BCUT2D eigenvalue weighted by atomic mass is 9.65. The number of rotatable bonds is 6. The Labute approximate surface area is 270 Å². The number of aliphatic imine (C=N–C) groups is 1. The van der Waals surface area contributed by atoms with Crippen LogP contribution >= 0.6 is 11.3 Å². The maximum absolute atomic E-state index is 12.0. The zero-order valence-electron chi connectivity index (χ0n) is 26.0. The summed E-state index contributed by atoms with van der Waals surface area (Å²) < 4.78 is 7.79. The van der Waals surface area contributed by atoms with Crippen molar-refractivity contribution >= 4 is 23.0 Å². The molecular weight excluding hydrogens is 600 g/mol. The number of carbonyl (C=O) groups is 1. The van der Waals surface area contributed by atoms with E-state index >= 15 is 0 Å². The maximum atomic E-state index is 12.0. The summed E-state index contributed by atoms with van der Waals surface area (Å²) in [5.41, 5.74) is 15.1. The second-order valence-corrected chi connectivity index (χ2v) is 13.7. The lowest BCUT2D eigenvalue weighted by Crippen LogP contribution is -2.63. The van der Waals surface area contributed by atoms with Crippen LogP contribution < -0.4 is 16.5 Å². The van der Waals surface area contributed by atoms with Crippen LogP contribution in [0.15, 0.2) is 70.2 Å². The molecule has 0 radical (unpaired) electrons. The zero-order chi connectivity index (χ0) is 31.6. The van der Waals surface area contributed by atoms with Crippen molar-refractivity contribution < 1.29 is 9.21 Å². The molecule has 4 aliphatic rings. The number of aromatic nitrogens is 4. The number of primary amides is 1. The monoisotopic (exact) mass is 636 g/mol. The molecule has 12 nitrogen and oxygen atoms in total. The van der Waals surface area contributed by atoms with E-state index in [4.69, 9.17) is 15.1 Å². The highest BCUT2D eigenvalue weighted by Gasteiger charge is 2.49. The quantitative estimate of drug-likeness (QED) is 0.289. The van der Waals surface area contributed by atoms with Crippen LogP contribution in [0.2, 0.25) is 0 Å². The van der Waals surface area contributed by atoms with Crippen LogP contribution in [-0.2, 0) is 11.2 Å². The number of aryl methyl sites for hydroxylation is 2. The molecule has 46 heavy (non-hydrogen) atoms. The average Bonchev–Trinajstić information content (AvgIpc) is 3.76. The number of carbonyl (C=O) groups excluding carboxylic acids is 1. The van der Waals surface area contributed by atoms with Gasteiger partial charge in [-0.2, -0.15) is 0 Å². The maximum Gasteiger partial charge on any atom is 0.268 e. The number of hydrogen-bond acceptors (Lipinski definition) is 11. The van der Waals surface area contributed by atoms with E-state index in [-0.39, 0.29) is 17.5 Å². The number of thiophene rings is 1. The van der Waals surface area contributed by atoms with Crippen molar-refractivity contribution in [3.05, 3.63) is 105 Å². The molecule has 7 heterocycles. The van der Waals surface area contributed by atoms with E-state index in [0.717, 1.165) is 66.0 Å². The van der Waals surface area contributed by atoms with Crippen LogP contribution in [0, 0.1) is 26.2 Å². The number of benzene rings is 1. The molecular formula is C33H36N10O2S. The molecule has 0 bridgehead atoms. The van der Waals surface area contributed by atoms with Crippen molar-refractivity contribution in [1.82, 2.24) is 40.6 Å². The number of oxazole rings is 1. The number of fused-ring (bicyclic) bond motifs is 3. The first kappa shape index (κ1) is 28.9. The predicted molar refractivity (Wildman–Crippen MR) is 174 cm³/mol. The van der Waals surface area contributed by atoms with Crippen LogP contribution in [0.1, 0.15) is 69.6 Å². The van der Waals surface area contributed by atoms with Gasteiger partial charge in [-0.3, -0.25) is 19.8 Å². The van der Waals surface area contributed by atoms with E-state index < -0.39 is 5.91 Å². The van der Waals surface area contributed by atoms with Crippen molar-refractivity contribution in [1.29, 1.82) is 0 Å². The van der Waals surface area contributed by atoms with E-state index in [1.165, 1.54) is 16.0 Å². The van der Waals surface area contributed by atoms with Crippen molar-refractivity contribution in [3.8, 4) is 5.00 Å². The number of nitrogens with two attached hydrogens (primary N) is 1. The largest absolute Gasteiger partial charge is 0.449 e. The molecule has 4 N–H and O–H groups in total. The smallest absolute Gasteiger partial charge is 0.268 e. The van der Waals surface area contributed by atoms with Gasteiger partial charge in [0.05, 0.1) is 18.3 Å². The Kier molecular flexibility index (Phi) is 6.92. The van der Waals surface area contributed by atoms with Crippen molar-refractivity contribution in [2.45, 2.75) is 52.1 Å². The molecule has 2 saturated heterocycles. The van der Waals surface area contributed by atoms with Gasteiger partial charge in [-0.05, 0) is 56.9 Å². The molecule has 0 saturated carbocycles. The molecule has 1 spiro atoms. The SMILES string of the molecule is Cc1sc2c(c1C)C(c1ccc(C3NCC34CCN(N3NC=CC=C3C(N)=O)CC4)cc1)=N[C@@H](Cc1ncco1)c1nnc(C)n1-2. The van der Waals surface area contributed by atoms with Gasteiger partial charge in [-0.15, -0.1) is 21.5 Å². The lowest BCUT2D eigenvalue weighted by molar-refractivity contribution is -0.126. The summed E-state index contributed by atoms with van der Waals surface area (Å²) in [6.07, 6.45) is 11.1. The van der Waals surface area contributed by atoms with E-state index in [2.05, 4.69) is 73.6 Å². The molecule has 236 valence electrons. The predicted octanol–water partition coefficient (Wildman–Crippen LogP) is 3.72. The highest BCUT2D eigenvalue weighted by molar-refractivity contribution is 7.15. The first-order chi connectivity index (χ1) is 22.3. The number of hydrogen-bond donors (Lipinski definition) is 3. The fourth-order valence-electron chi connectivity index (χ4n) is 7.26. The Morgan fingerprint density at radius 2 is 1.96 bits per heavy atom. The van der Waals surface area contributed by atoms with Crippen molar-refractivity contribution in [2.24, 2.45) is 16.1 Å². The number of hydrazine groups is 2. The van der Waals surface area contributed by atoms with Crippen LogP contribution in [0.3, 0.4) is 0 Å². The molecule has 13 heteroatoms. The minimum atomic E-state index is -0.445. The molecule has 4 aromatic rings. The van der Waals surface area contributed by atoms with Gasteiger partial charge in [0.2, 0.25) is 0 Å². The minimum Gasteiger partial charge on any atom is -0.449 e. The third-order valence-corrected chi connectivity index (χ3v) is 11.1. The van der Waals surface area contributed by atoms with Gasteiger partial charge in [0.1, 0.15) is 28.8 Å². The van der Waals surface area contributed by atoms with Crippen molar-refractivity contribution in [3.63, 3.8) is 0 Å². The average molecular weight is 637 g/mol. The van der Waals surface area contributed by atoms with E-state index in [1.807, 2.05) is 13.1 Å². The second kappa shape index (κ2) is 11.0. The summed E-state index contributed by atoms with van der Waals surface area (Å²) in [4.78, 5) is 23.0. The van der Waals surface area contributed by atoms with Gasteiger partial charge in [0, 0.05) is 53.3 Å². The Morgan fingerprint density at radius 1 is 1.15 bits per heavy atom. The van der Waals surface area contributed by atoms with Gasteiger partial charge >= 0.3 is 0 Å². The molecule has 1 amide bonds. The topological polar surface area (TPSA) is 143 Å². The molecule has 2 fully saturated rings. The lowest BCUT2D eigenvalue weighted by Gasteiger charge is -2.56. The van der Waals surface area contributed by atoms with Crippen LogP contribution in [0.5, 0.6) is 0 Å². The number of nitrogens with one attached hydrogen (secondary N) is 2. The highest BCUT2D eigenvalue weighted by Crippen LogP contribution is 2.49. The summed E-state index contributed by atoms with van der Waals surface area (Å²) >= 11 is 1.76. The van der Waals surface area contributed by atoms with Gasteiger partial charge in [0.15, 0.2) is 11.7 Å². The highest BCUT2D eigenvalue weighted by atomic mass is 32.1. The van der Waals surface area contributed by atoms with Crippen LogP contribution in [0.4, 0.5) is 0 Å². The van der Waals surface area contributed by atoms with Crippen LogP contribution in [0.25, 0.3) is 5.00 Å². The fourth-order valence-corrected chi connectivity index (χ4v) is 8.47. The third kappa shape index (κ3) is 4.60. The van der Waals surface area contributed by atoms with E-state index in [0.29, 0.717) is 18.0 Å². The summed E-state index contributed by atoms with van der Waals surface area (Å²) in [5, 5.41) is 17.8. The zero-order valence-corrected chi connectivity index (χ0v) is 26.8. The Morgan fingerprint density at radius 3 is 2.65 bits per heavy atom. The number of amides is 1. The molecule has 1 unspecified atom stereocenters. The molecule has 0 aliphatic carbocycles. The number of piperidine rings is 1. The van der Waals surface area contributed by atoms with Crippen molar-refractivity contribution in [2.75, 3.05) is 19.6 Å². The summed E-state index contributed by atoms with van der Waals surface area (Å²) in [5.74, 6) is 1.81. The molecule has 3 aromatic heterocycles. The van der Waals surface area contributed by atoms with Gasteiger partial charge in [0.25, 0.3) is 5.91 Å².